The van der Waals surface area contributed by atoms with Gasteiger partial charge in [0, 0.05) is 18.0 Å². The van der Waals surface area contributed by atoms with Gasteiger partial charge in [-0.05, 0) is 25.0 Å². The van der Waals surface area contributed by atoms with Crippen LogP contribution >= 0.6 is 11.3 Å². The molecule has 1 N–H and O–H groups in total. The number of carbonyl (C=O) groups excluding carboxylic acids is 1. The Morgan fingerprint density at radius 1 is 1.37 bits per heavy atom. The fraction of sp³-hybridized carbons (Fsp3) is 0.200. The molecule has 19 heavy (non-hydrogen) atoms. The third-order valence-electron chi connectivity index (χ3n) is 2.60. The summed E-state index contributed by atoms with van der Waals surface area (Å²) in [7, 11) is 0. The first-order valence-electron chi connectivity index (χ1n) is 6.16. The van der Waals surface area contributed by atoms with Crippen molar-refractivity contribution in [3.63, 3.8) is 0 Å². The molecule has 0 aliphatic heterocycles. The number of nitrogens with zero attached hydrogens (tertiary/aromatic N) is 1. The van der Waals surface area contributed by atoms with Crippen LogP contribution in [-0.2, 0) is 11.2 Å². The highest BCUT2D eigenvalue weighted by Crippen LogP contribution is 2.08. The molecule has 2 rings (SSSR count). The van der Waals surface area contributed by atoms with Crippen molar-refractivity contribution in [2.24, 2.45) is 0 Å². The molecular weight excluding hydrogens is 256 g/mol. The minimum Gasteiger partial charge on any atom is -0.352 e. The average Bonchev–Trinajstić information content (AvgIpc) is 2.83. The molecule has 0 aliphatic carbocycles. The number of nitrogens with one attached hydrogen (secondary N) is 1. The van der Waals surface area contributed by atoms with Crippen LogP contribution in [0.5, 0.6) is 0 Å². The first kappa shape index (κ1) is 13.5. The monoisotopic (exact) mass is 272 g/mol. The van der Waals surface area contributed by atoms with Crippen molar-refractivity contribution in [3.05, 3.63) is 58.1 Å². The van der Waals surface area contributed by atoms with Gasteiger partial charge < -0.3 is 5.32 Å². The number of hydrogen-bond acceptors (Lipinski definition) is 3. The summed E-state index contributed by atoms with van der Waals surface area (Å²) >= 11 is 1.58. The molecule has 0 spiro atoms. The highest BCUT2D eigenvalue weighted by molar-refractivity contribution is 7.09. The predicted molar refractivity (Wildman–Crippen MR) is 79.0 cm³/mol. The van der Waals surface area contributed by atoms with Crippen LogP contribution in [0.15, 0.2) is 41.8 Å². The number of aromatic nitrogens is 1. The molecule has 3 nitrogen and oxygen atoms in total. The van der Waals surface area contributed by atoms with E-state index < -0.39 is 0 Å². The fourth-order valence-electron chi connectivity index (χ4n) is 1.65. The van der Waals surface area contributed by atoms with E-state index in [1.54, 1.807) is 17.4 Å². The quantitative estimate of drug-likeness (QED) is 0.850. The van der Waals surface area contributed by atoms with Crippen molar-refractivity contribution < 1.29 is 4.79 Å². The minimum absolute atomic E-state index is 0.0819. The topological polar surface area (TPSA) is 42.0 Å². The summed E-state index contributed by atoms with van der Waals surface area (Å²) in [5.41, 5.74) is 2.06. The van der Waals surface area contributed by atoms with Crippen LogP contribution < -0.4 is 5.32 Å². The lowest BCUT2D eigenvalue weighted by molar-refractivity contribution is -0.116. The second kappa shape index (κ2) is 6.85. The van der Waals surface area contributed by atoms with Gasteiger partial charge in [-0.1, -0.05) is 30.3 Å². The zero-order valence-electron chi connectivity index (χ0n) is 10.8. The predicted octanol–water partition coefficient (Wildman–Crippen LogP) is 2.82. The minimum atomic E-state index is -0.0819. The van der Waals surface area contributed by atoms with E-state index in [0.29, 0.717) is 6.54 Å². The molecule has 1 heterocycles. The maximum atomic E-state index is 11.6. The summed E-state index contributed by atoms with van der Waals surface area (Å²) in [5, 5.41) is 5.80. The molecule has 4 heteroatoms. The van der Waals surface area contributed by atoms with E-state index in [9.17, 15) is 4.79 Å². The van der Waals surface area contributed by atoms with Gasteiger partial charge in [0.05, 0.1) is 10.7 Å². The number of hydrogen-bond donors (Lipinski definition) is 1. The van der Waals surface area contributed by atoms with E-state index in [4.69, 9.17) is 0 Å². The fourth-order valence-corrected chi connectivity index (χ4v) is 2.23. The Kier molecular flexibility index (Phi) is 4.86. The lowest BCUT2D eigenvalue weighted by atomic mass is 10.1. The smallest absolute Gasteiger partial charge is 0.244 e. The first-order valence-corrected chi connectivity index (χ1v) is 7.04. The van der Waals surface area contributed by atoms with Crippen LogP contribution in [0.2, 0.25) is 0 Å². The molecule has 98 valence electrons. The summed E-state index contributed by atoms with van der Waals surface area (Å²) in [6.45, 7) is 2.59. The Labute approximate surface area is 117 Å². The Balaban J connectivity index is 1.74. The largest absolute Gasteiger partial charge is 0.352 e. The number of carbonyl (C=O) groups is 1. The molecule has 1 aromatic carbocycles. The SMILES string of the molecule is Cc1nc(C=CC(=O)NCCc2ccccc2)cs1. The van der Waals surface area contributed by atoms with Crippen molar-refractivity contribution in [2.75, 3.05) is 6.54 Å². The maximum absolute atomic E-state index is 11.6. The summed E-state index contributed by atoms with van der Waals surface area (Å²) in [5.74, 6) is -0.0819. The average molecular weight is 272 g/mol. The van der Waals surface area contributed by atoms with Crippen molar-refractivity contribution >= 4 is 23.3 Å². The Morgan fingerprint density at radius 3 is 2.84 bits per heavy atom. The van der Waals surface area contributed by atoms with Crippen molar-refractivity contribution in [3.8, 4) is 0 Å². The molecule has 0 saturated carbocycles. The first-order chi connectivity index (χ1) is 9.24. The second-order valence-electron chi connectivity index (χ2n) is 4.15. The molecule has 0 radical (unpaired) electrons. The van der Waals surface area contributed by atoms with Gasteiger partial charge in [0.25, 0.3) is 0 Å². The second-order valence-corrected chi connectivity index (χ2v) is 5.21. The Morgan fingerprint density at radius 2 is 2.16 bits per heavy atom. The normalized spacial score (nSPS) is 10.8. The molecule has 0 saturated heterocycles. The molecule has 0 fully saturated rings. The summed E-state index contributed by atoms with van der Waals surface area (Å²) in [4.78, 5) is 15.9. The maximum Gasteiger partial charge on any atom is 0.244 e. The standard InChI is InChI=1S/C15H16N2OS/c1-12-17-14(11-19-12)7-8-15(18)16-10-9-13-5-3-2-4-6-13/h2-8,11H,9-10H2,1H3,(H,16,18). The number of thiazole rings is 1. The molecule has 1 amide bonds. The van der Waals surface area contributed by atoms with Crippen molar-refractivity contribution in [1.29, 1.82) is 0 Å². The van der Waals surface area contributed by atoms with E-state index in [1.165, 1.54) is 11.6 Å². The van der Waals surface area contributed by atoms with Crippen molar-refractivity contribution in [1.82, 2.24) is 10.3 Å². The molecule has 0 unspecified atom stereocenters. The van der Waals surface area contributed by atoms with E-state index >= 15 is 0 Å². The third-order valence-corrected chi connectivity index (χ3v) is 3.39. The van der Waals surface area contributed by atoms with Crippen molar-refractivity contribution in [2.45, 2.75) is 13.3 Å². The summed E-state index contributed by atoms with van der Waals surface area (Å²) in [6.07, 6.45) is 4.11. The van der Waals surface area contributed by atoms with E-state index in [2.05, 4.69) is 22.4 Å². The van der Waals surface area contributed by atoms with Crippen LogP contribution in [0.4, 0.5) is 0 Å². The van der Waals surface area contributed by atoms with Crippen LogP contribution in [-0.4, -0.2) is 17.4 Å². The zero-order valence-corrected chi connectivity index (χ0v) is 11.6. The number of rotatable bonds is 5. The molecular formula is C15H16N2OS. The number of aryl methyl sites for hydroxylation is 1. The van der Waals surface area contributed by atoms with Gasteiger partial charge in [0.1, 0.15) is 0 Å². The Bertz CT molecular complexity index is 561. The van der Waals surface area contributed by atoms with E-state index in [1.807, 2.05) is 30.5 Å². The zero-order chi connectivity index (χ0) is 13.5. The van der Waals surface area contributed by atoms with Gasteiger partial charge in [-0.15, -0.1) is 11.3 Å². The van der Waals surface area contributed by atoms with Crippen LogP contribution in [0.25, 0.3) is 6.08 Å². The Hall–Kier alpha value is -1.94. The molecule has 0 atom stereocenters. The van der Waals surface area contributed by atoms with E-state index in [-0.39, 0.29) is 5.91 Å². The lowest BCUT2D eigenvalue weighted by Gasteiger charge is -2.02. The molecule has 1 aromatic heterocycles. The summed E-state index contributed by atoms with van der Waals surface area (Å²) in [6, 6.07) is 10.1. The van der Waals surface area contributed by atoms with Gasteiger partial charge in [-0.3, -0.25) is 4.79 Å². The highest BCUT2D eigenvalue weighted by atomic mass is 32.1. The van der Waals surface area contributed by atoms with Gasteiger partial charge in [0.15, 0.2) is 0 Å². The molecule has 2 aromatic rings. The van der Waals surface area contributed by atoms with Gasteiger partial charge in [0.2, 0.25) is 5.91 Å². The van der Waals surface area contributed by atoms with Crippen LogP contribution in [0, 0.1) is 6.92 Å². The van der Waals surface area contributed by atoms with Gasteiger partial charge in [-0.2, -0.15) is 0 Å². The molecule has 0 bridgehead atoms. The molecule has 0 aliphatic rings. The summed E-state index contributed by atoms with van der Waals surface area (Å²) < 4.78 is 0. The van der Waals surface area contributed by atoms with Crippen LogP contribution in [0.1, 0.15) is 16.3 Å². The third kappa shape index (κ3) is 4.67. The van der Waals surface area contributed by atoms with Crippen LogP contribution in [0.3, 0.4) is 0 Å². The van der Waals surface area contributed by atoms with Gasteiger partial charge in [-0.25, -0.2) is 4.98 Å². The van der Waals surface area contributed by atoms with Gasteiger partial charge >= 0.3 is 0 Å². The number of amides is 1. The van der Waals surface area contributed by atoms with E-state index in [0.717, 1.165) is 17.1 Å². The number of benzene rings is 1. The lowest BCUT2D eigenvalue weighted by Crippen LogP contribution is -2.23. The highest BCUT2D eigenvalue weighted by Gasteiger charge is 1.97.